The third kappa shape index (κ3) is 4.75. The van der Waals surface area contributed by atoms with E-state index in [0.717, 1.165) is 17.8 Å². The number of ether oxygens (including phenoxy) is 1. The van der Waals surface area contributed by atoms with Gasteiger partial charge in [0.1, 0.15) is 27.3 Å². The van der Waals surface area contributed by atoms with E-state index < -0.39 is 16.1 Å². The number of carbonyl (C=O) groups excluding carboxylic acids is 1. The second-order valence-electron chi connectivity index (χ2n) is 8.11. The van der Waals surface area contributed by atoms with Crippen molar-refractivity contribution in [1.82, 2.24) is 9.29 Å². The van der Waals surface area contributed by atoms with Gasteiger partial charge in [-0.3, -0.25) is 9.69 Å². The van der Waals surface area contributed by atoms with Gasteiger partial charge in [-0.1, -0.05) is 41.0 Å². The summed E-state index contributed by atoms with van der Waals surface area (Å²) in [6, 6.07) is 9.03. The summed E-state index contributed by atoms with van der Waals surface area (Å²) in [5.74, 6) is 0.682. The van der Waals surface area contributed by atoms with Gasteiger partial charge in [-0.05, 0) is 49.2 Å². The molecular formula is C23H21Cl2N3O5S3. The van der Waals surface area contributed by atoms with Crippen LogP contribution in [0.25, 0.3) is 10.2 Å². The fourth-order valence-corrected chi connectivity index (χ4v) is 8.71. The number of thiophene rings is 1. The van der Waals surface area contributed by atoms with E-state index in [-0.39, 0.29) is 23.2 Å². The minimum absolute atomic E-state index is 0.0841. The van der Waals surface area contributed by atoms with Crippen molar-refractivity contribution in [3.63, 3.8) is 0 Å². The lowest BCUT2D eigenvalue weighted by Crippen LogP contribution is -2.52. The number of aromatic nitrogens is 1. The molecule has 1 saturated heterocycles. The number of benzene rings is 1. The van der Waals surface area contributed by atoms with Gasteiger partial charge in [0, 0.05) is 6.54 Å². The molecule has 1 atom stereocenters. The van der Waals surface area contributed by atoms with Crippen molar-refractivity contribution in [3.8, 4) is 5.75 Å². The number of methoxy groups -OCH3 is 1. The van der Waals surface area contributed by atoms with Crippen LogP contribution in [-0.2, 0) is 21.4 Å². The summed E-state index contributed by atoms with van der Waals surface area (Å²) in [7, 11) is -2.38. The molecule has 1 amide bonds. The molecule has 3 aromatic heterocycles. The van der Waals surface area contributed by atoms with Crippen molar-refractivity contribution in [2.45, 2.75) is 36.1 Å². The maximum atomic E-state index is 14.1. The minimum atomic E-state index is -3.92. The molecule has 1 unspecified atom stereocenters. The van der Waals surface area contributed by atoms with E-state index in [4.69, 9.17) is 32.4 Å². The molecule has 0 spiro atoms. The SMILES string of the molecule is COc1ccc(Cl)c2sc(N(Cc3ccco3)C(=O)C3CCCCN3S(=O)(=O)c3ccc(Cl)s3)nc12. The first kappa shape index (κ1) is 25.5. The highest BCUT2D eigenvalue weighted by Gasteiger charge is 2.41. The third-order valence-corrected chi connectivity index (χ3v) is 11.1. The van der Waals surface area contributed by atoms with Crippen molar-refractivity contribution in [1.29, 1.82) is 0 Å². The summed E-state index contributed by atoms with van der Waals surface area (Å²) in [5, 5.41) is 0.858. The van der Waals surface area contributed by atoms with Gasteiger partial charge in [-0.2, -0.15) is 4.31 Å². The Balaban J connectivity index is 1.57. The van der Waals surface area contributed by atoms with Crippen LogP contribution < -0.4 is 9.64 Å². The maximum Gasteiger partial charge on any atom is 0.253 e. The molecule has 1 fully saturated rings. The molecule has 1 aliphatic rings. The molecule has 0 radical (unpaired) electrons. The monoisotopic (exact) mass is 585 g/mol. The predicted molar refractivity (Wildman–Crippen MR) is 142 cm³/mol. The molecule has 13 heteroatoms. The Hall–Kier alpha value is -2.15. The molecule has 0 N–H and O–H groups in total. The Labute approximate surface area is 226 Å². The van der Waals surface area contributed by atoms with E-state index in [1.165, 1.54) is 40.0 Å². The predicted octanol–water partition coefficient (Wildman–Crippen LogP) is 6.04. The number of thiazole rings is 1. The molecule has 5 rings (SSSR count). The van der Waals surface area contributed by atoms with Gasteiger partial charge in [0.15, 0.2) is 5.13 Å². The van der Waals surface area contributed by atoms with Crippen molar-refractivity contribution in [3.05, 3.63) is 57.8 Å². The topological polar surface area (TPSA) is 93.0 Å². The van der Waals surface area contributed by atoms with Gasteiger partial charge in [0.2, 0.25) is 5.91 Å². The summed E-state index contributed by atoms with van der Waals surface area (Å²) in [4.78, 5) is 20.2. The fourth-order valence-electron chi connectivity index (χ4n) is 4.19. The molecule has 4 aromatic rings. The van der Waals surface area contributed by atoms with Crippen LogP contribution in [0.1, 0.15) is 25.0 Å². The number of sulfonamides is 1. The summed E-state index contributed by atoms with van der Waals surface area (Å²) in [6.45, 7) is 0.323. The second kappa shape index (κ2) is 10.3. The highest BCUT2D eigenvalue weighted by atomic mass is 35.5. The highest BCUT2D eigenvalue weighted by Crippen LogP contribution is 2.40. The van der Waals surface area contributed by atoms with Crippen LogP contribution in [-0.4, -0.2) is 43.3 Å². The van der Waals surface area contributed by atoms with Crippen molar-refractivity contribution >= 4 is 77.2 Å². The number of halogens is 2. The van der Waals surface area contributed by atoms with Crippen LogP contribution in [0, 0.1) is 0 Å². The minimum Gasteiger partial charge on any atom is -0.494 e. The summed E-state index contributed by atoms with van der Waals surface area (Å²) < 4.78 is 40.4. The number of nitrogens with zero attached hydrogens (tertiary/aromatic N) is 3. The van der Waals surface area contributed by atoms with E-state index in [1.54, 1.807) is 30.3 Å². The van der Waals surface area contributed by atoms with E-state index in [9.17, 15) is 13.2 Å². The number of carbonyl (C=O) groups is 1. The van der Waals surface area contributed by atoms with E-state index in [0.29, 0.717) is 49.1 Å². The first-order valence-corrected chi connectivity index (χ1v) is 14.9. The first-order valence-electron chi connectivity index (χ1n) is 11.0. The molecule has 190 valence electrons. The van der Waals surface area contributed by atoms with Gasteiger partial charge in [-0.25, -0.2) is 13.4 Å². The molecular weight excluding hydrogens is 565 g/mol. The Morgan fingerprint density at radius 1 is 1.22 bits per heavy atom. The number of piperidine rings is 1. The summed E-state index contributed by atoms with van der Waals surface area (Å²) in [5.41, 5.74) is 0.531. The van der Waals surface area contributed by atoms with Crippen LogP contribution >= 0.6 is 45.9 Å². The Morgan fingerprint density at radius 2 is 2.06 bits per heavy atom. The summed E-state index contributed by atoms with van der Waals surface area (Å²) in [6.07, 6.45) is 3.30. The lowest BCUT2D eigenvalue weighted by molar-refractivity contribution is -0.123. The number of rotatable bonds is 7. The standard InChI is InChI=1S/C23H21Cl2N3O5S3/c1-32-17-8-7-15(24)21-20(17)26-23(35-21)27(13-14-5-4-12-33-14)22(29)16-6-2-3-11-28(16)36(30,31)19-10-9-18(25)34-19/h4-5,7-10,12,16H,2-3,6,11,13H2,1H3. The molecule has 8 nitrogen and oxygen atoms in total. The van der Waals surface area contributed by atoms with Gasteiger partial charge in [-0.15, -0.1) is 11.3 Å². The normalized spacial score (nSPS) is 16.9. The van der Waals surface area contributed by atoms with Crippen LogP contribution in [0.2, 0.25) is 9.36 Å². The number of hydrogen-bond donors (Lipinski definition) is 0. The largest absolute Gasteiger partial charge is 0.494 e. The first-order chi connectivity index (χ1) is 17.3. The highest BCUT2D eigenvalue weighted by molar-refractivity contribution is 7.91. The van der Waals surface area contributed by atoms with Gasteiger partial charge in [0.25, 0.3) is 10.0 Å². The molecule has 0 saturated carbocycles. The molecule has 1 aromatic carbocycles. The van der Waals surface area contributed by atoms with Crippen molar-refractivity contribution < 1.29 is 22.4 Å². The van der Waals surface area contributed by atoms with E-state index >= 15 is 0 Å². The number of amides is 1. The molecule has 0 bridgehead atoms. The zero-order valence-corrected chi connectivity index (χ0v) is 23.0. The molecule has 0 aliphatic carbocycles. The van der Waals surface area contributed by atoms with Crippen LogP contribution in [0.5, 0.6) is 5.75 Å². The van der Waals surface area contributed by atoms with Crippen molar-refractivity contribution in [2.75, 3.05) is 18.6 Å². The van der Waals surface area contributed by atoms with Gasteiger partial charge >= 0.3 is 0 Å². The van der Waals surface area contributed by atoms with Crippen molar-refractivity contribution in [2.24, 2.45) is 0 Å². The second-order valence-corrected chi connectivity index (χ2v) is 13.3. The Kier molecular flexibility index (Phi) is 7.30. The molecule has 1 aliphatic heterocycles. The zero-order chi connectivity index (χ0) is 25.4. The fraction of sp³-hybridized carbons (Fsp3) is 0.304. The average Bonchev–Trinajstić information content (AvgIpc) is 3.64. The zero-order valence-electron chi connectivity index (χ0n) is 19.0. The smallest absolute Gasteiger partial charge is 0.253 e. The maximum absolute atomic E-state index is 14.1. The molecule has 36 heavy (non-hydrogen) atoms. The van der Waals surface area contributed by atoms with Gasteiger partial charge in [0.05, 0.1) is 34.0 Å². The number of fused-ring (bicyclic) bond motifs is 1. The van der Waals surface area contributed by atoms with E-state index in [2.05, 4.69) is 4.98 Å². The average molecular weight is 587 g/mol. The van der Waals surface area contributed by atoms with Crippen LogP contribution in [0.3, 0.4) is 0 Å². The van der Waals surface area contributed by atoms with Crippen LogP contribution in [0.15, 0.2) is 51.3 Å². The summed E-state index contributed by atoms with van der Waals surface area (Å²) >= 11 is 14.7. The Morgan fingerprint density at radius 3 is 2.75 bits per heavy atom. The van der Waals surface area contributed by atoms with Gasteiger partial charge < -0.3 is 9.15 Å². The quantitative estimate of drug-likeness (QED) is 0.262. The number of anilines is 1. The number of hydrogen-bond acceptors (Lipinski definition) is 8. The Bertz CT molecular complexity index is 1500. The third-order valence-electron chi connectivity index (χ3n) is 5.91. The lowest BCUT2D eigenvalue weighted by Gasteiger charge is -2.35. The lowest BCUT2D eigenvalue weighted by atomic mass is 10.0. The van der Waals surface area contributed by atoms with E-state index in [1.807, 2.05) is 0 Å². The number of furan rings is 1. The molecule has 4 heterocycles. The van der Waals surface area contributed by atoms with Crippen LogP contribution in [0.4, 0.5) is 5.13 Å².